The van der Waals surface area contributed by atoms with Crippen LogP contribution in [0.25, 0.3) is 6.08 Å². The van der Waals surface area contributed by atoms with Gasteiger partial charge in [-0.1, -0.05) is 40.9 Å². The van der Waals surface area contributed by atoms with Gasteiger partial charge in [0.05, 0.1) is 0 Å². The summed E-state index contributed by atoms with van der Waals surface area (Å²) in [4.78, 5) is 11.8. The maximum Gasteiger partial charge on any atom is 0.248 e. The van der Waals surface area contributed by atoms with Gasteiger partial charge >= 0.3 is 0 Å². The molecule has 2 nitrogen and oxygen atoms in total. The summed E-state index contributed by atoms with van der Waals surface area (Å²) in [5.41, 5.74) is 1.27. The van der Waals surface area contributed by atoms with E-state index in [9.17, 15) is 4.79 Å². The van der Waals surface area contributed by atoms with Crippen LogP contribution in [0.3, 0.4) is 0 Å². The van der Waals surface area contributed by atoms with Crippen molar-refractivity contribution in [2.45, 2.75) is 0 Å². The highest BCUT2D eigenvalue weighted by molar-refractivity contribution is 6.37. The van der Waals surface area contributed by atoms with E-state index in [1.54, 1.807) is 48.5 Å². The normalized spacial score (nSPS) is 10.8. The Kier molecular flexibility index (Phi) is 5.07. The molecule has 0 saturated heterocycles. The lowest BCUT2D eigenvalue weighted by Gasteiger charge is -2.03. The monoisotopic (exact) mass is 325 g/mol. The van der Waals surface area contributed by atoms with Gasteiger partial charge < -0.3 is 5.32 Å². The van der Waals surface area contributed by atoms with Crippen LogP contribution in [0.4, 0.5) is 5.69 Å². The van der Waals surface area contributed by atoms with Crippen LogP contribution in [-0.4, -0.2) is 5.91 Å². The van der Waals surface area contributed by atoms with Gasteiger partial charge in [-0.3, -0.25) is 4.79 Å². The summed E-state index contributed by atoms with van der Waals surface area (Å²) in [6.45, 7) is 0. The fraction of sp³-hybridized carbons (Fsp3) is 0. The number of halogens is 3. The molecule has 0 heterocycles. The van der Waals surface area contributed by atoms with Gasteiger partial charge in [-0.2, -0.15) is 0 Å². The summed E-state index contributed by atoms with van der Waals surface area (Å²) in [6, 6.07) is 12.0. The molecule has 0 aromatic heterocycles. The Hall–Kier alpha value is -1.48. The van der Waals surface area contributed by atoms with Gasteiger partial charge in [-0.05, 0) is 42.5 Å². The first-order valence-electron chi connectivity index (χ1n) is 5.75. The molecule has 2 aromatic carbocycles. The topological polar surface area (TPSA) is 29.1 Å². The summed E-state index contributed by atoms with van der Waals surface area (Å²) in [5.74, 6) is -0.275. The van der Waals surface area contributed by atoms with Crippen molar-refractivity contribution in [2.75, 3.05) is 5.32 Å². The van der Waals surface area contributed by atoms with Gasteiger partial charge in [0.15, 0.2) is 0 Å². The average molecular weight is 327 g/mol. The van der Waals surface area contributed by atoms with Gasteiger partial charge in [0, 0.05) is 32.4 Å². The molecule has 5 heteroatoms. The Morgan fingerprint density at radius 1 is 0.950 bits per heavy atom. The number of hydrogen-bond acceptors (Lipinski definition) is 1. The van der Waals surface area contributed by atoms with Crippen molar-refractivity contribution >= 4 is 52.5 Å². The number of carbonyl (C=O) groups excluding carboxylic acids is 1. The largest absolute Gasteiger partial charge is 0.323 e. The maximum atomic E-state index is 11.8. The van der Waals surface area contributed by atoms with E-state index in [0.29, 0.717) is 26.3 Å². The minimum atomic E-state index is -0.275. The second kappa shape index (κ2) is 6.80. The highest BCUT2D eigenvalue weighted by Gasteiger charge is 2.03. The summed E-state index contributed by atoms with van der Waals surface area (Å²) >= 11 is 17.8. The second-order valence-corrected chi connectivity index (χ2v) is 5.22. The van der Waals surface area contributed by atoms with Gasteiger partial charge in [0.2, 0.25) is 5.91 Å². The first-order valence-corrected chi connectivity index (χ1v) is 6.88. The zero-order valence-corrected chi connectivity index (χ0v) is 12.5. The van der Waals surface area contributed by atoms with Crippen molar-refractivity contribution in [3.05, 3.63) is 69.2 Å². The number of anilines is 1. The predicted molar refractivity (Wildman–Crippen MR) is 85.6 cm³/mol. The van der Waals surface area contributed by atoms with Crippen LogP contribution in [0.15, 0.2) is 48.5 Å². The summed E-state index contributed by atoms with van der Waals surface area (Å²) in [5, 5.41) is 4.31. The molecule has 2 rings (SSSR count). The summed E-state index contributed by atoms with van der Waals surface area (Å²) in [7, 11) is 0. The molecule has 0 aliphatic rings. The lowest BCUT2D eigenvalue weighted by molar-refractivity contribution is -0.111. The van der Waals surface area contributed by atoms with Crippen molar-refractivity contribution < 1.29 is 4.79 Å². The lowest BCUT2D eigenvalue weighted by atomic mass is 10.2. The molecular weight excluding hydrogens is 317 g/mol. The molecule has 0 unspecified atom stereocenters. The SMILES string of the molecule is O=C(C=Cc1c(Cl)cccc1Cl)Nc1ccc(Cl)cc1. The first-order chi connectivity index (χ1) is 9.56. The fourth-order valence-corrected chi connectivity index (χ4v) is 2.20. The molecule has 0 saturated carbocycles. The van der Waals surface area contributed by atoms with Crippen molar-refractivity contribution in [1.82, 2.24) is 0 Å². The fourth-order valence-electron chi connectivity index (χ4n) is 1.55. The zero-order chi connectivity index (χ0) is 14.5. The van der Waals surface area contributed by atoms with Crippen LogP contribution in [0.1, 0.15) is 5.56 Å². The van der Waals surface area contributed by atoms with Crippen LogP contribution >= 0.6 is 34.8 Å². The van der Waals surface area contributed by atoms with Gasteiger partial charge in [-0.15, -0.1) is 0 Å². The minimum Gasteiger partial charge on any atom is -0.323 e. The number of rotatable bonds is 3. The predicted octanol–water partition coefficient (Wildman–Crippen LogP) is 5.30. The highest BCUT2D eigenvalue weighted by atomic mass is 35.5. The Balaban J connectivity index is 2.08. The van der Waals surface area contributed by atoms with Gasteiger partial charge in [0.1, 0.15) is 0 Å². The third kappa shape index (κ3) is 4.01. The van der Waals surface area contributed by atoms with E-state index in [-0.39, 0.29) is 5.91 Å². The van der Waals surface area contributed by atoms with Crippen LogP contribution in [0.5, 0.6) is 0 Å². The Labute approximate surface area is 132 Å². The number of nitrogens with one attached hydrogen (secondary N) is 1. The van der Waals surface area contributed by atoms with E-state index >= 15 is 0 Å². The third-order valence-corrected chi connectivity index (χ3v) is 3.42. The van der Waals surface area contributed by atoms with E-state index in [1.807, 2.05) is 0 Å². The molecule has 0 spiro atoms. The highest BCUT2D eigenvalue weighted by Crippen LogP contribution is 2.25. The molecule has 0 atom stereocenters. The van der Waals surface area contributed by atoms with Crippen LogP contribution in [0.2, 0.25) is 15.1 Å². The third-order valence-electron chi connectivity index (χ3n) is 2.51. The van der Waals surface area contributed by atoms with Crippen molar-refractivity contribution in [3.63, 3.8) is 0 Å². The molecule has 0 radical (unpaired) electrons. The van der Waals surface area contributed by atoms with E-state index in [1.165, 1.54) is 6.08 Å². The number of hydrogen-bond donors (Lipinski definition) is 1. The van der Waals surface area contributed by atoms with Crippen molar-refractivity contribution in [2.24, 2.45) is 0 Å². The quantitative estimate of drug-likeness (QED) is 0.762. The van der Waals surface area contributed by atoms with Gasteiger partial charge in [0.25, 0.3) is 0 Å². The molecule has 102 valence electrons. The molecule has 1 N–H and O–H groups in total. The van der Waals surface area contributed by atoms with E-state index in [4.69, 9.17) is 34.8 Å². The summed E-state index contributed by atoms with van der Waals surface area (Å²) < 4.78 is 0. The van der Waals surface area contributed by atoms with Gasteiger partial charge in [-0.25, -0.2) is 0 Å². The number of carbonyl (C=O) groups is 1. The lowest BCUT2D eigenvalue weighted by Crippen LogP contribution is -2.07. The average Bonchev–Trinajstić information content (AvgIpc) is 2.41. The molecular formula is C15H10Cl3NO. The van der Waals surface area contributed by atoms with Crippen LogP contribution < -0.4 is 5.32 Å². The van der Waals surface area contributed by atoms with Crippen LogP contribution in [0, 0.1) is 0 Å². The first kappa shape index (κ1) is 14.9. The van der Waals surface area contributed by atoms with E-state index in [0.717, 1.165) is 0 Å². The molecule has 20 heavy (non-hydrogen) atoms. The molecule has 0 fully saturated rings. The standard InChI is InChI=1S/C15H10Cl3NO/c16-10-4-6-11(7-5-10)19-15(20)9-8-12-13(17)2-1-3-14(12)18/h1-9H,(H,19,20). The zero-order valence-electron chi connectivity index (χ0n) is 10.2. The summed E-state index contributed by atoms with van der Waals surface area (Å²) in [6.07, 6.45) is 2.96. The Morgan fingerprint density at radius 2 is 1.55 bits per heavy atom. The molecule has 0 bridgehead atoms. The molecule has 1 amide bonds. The maximum absolute atomic E-state index is 11.8. The second-order valence-electron chi connectivity index (χ2n) is 3.96. The van der Waals surface area contributed by atoms with Crippen molar-refractivity contribution in [3.8, 4) is 0 Å². The minimum absolute atomic E-state index is 0.275. The Bertz CT molecular complexity index is 630. The number of amides is 1. The van der Waals surface area contributed by atoms with Crippen LogP contribution in [-0.2, 0) is 4.79 Å². The number of benzene rings is 2. The van der Waals surface area contributed by atoms with Crippen molar-refractivity contribution in [1.29, 1.82) is 0 Å². The molecule has 0 aliphatic carbocycles. The van der Waals surface area contributed by atoms with E-state index < -0.39 is 0 Å². The smallest absolute Gasteiger partial charge is 0.248 e. The van der Waals surface area contributed by atoms with E-state index in [2.05, 4.69) is 5.32 Å². The molecule has 2 aromatic rings. The molecule has 0 aliphatic heterocycles. The Morgan fingerprint density at radius 3 is 2.15 bits per heavy atom.